The van der Waals surface area contributed by atoms with Crippen LogP contribution in [0.4, 0.5) is 5.69 Å². The zero-order valence-electron chi connectivity index (χ0n) is 15.2. The normalized spacial score (nSPS) is 17.7. The molecule has 3 nitrogen and oxygen atoms in total. The monoisotopic (exact) mass is 343 g/mol. The van der Waals surface area contributed by atoms with E-state index in [4.69, 9.17) is 5.26 Å². The Morgan fingerprint density at radius 1 is 1.00 bits per heavy atom. The van der Waals surface area contributed by atoms with Gasteiger partial charge in [0.05, 0.1) is 23.7 Å². The molecule has 0 bridgehead atoms. The first-order valence-electron chi connectivity index (χ1n) is 10.0. The van der Waals surface area contributed by atoms with Crippen LogP contribution in [0.1, 0.15) is 50.0 Å². The molecule has 0 N–H and O–H groups in total. The van der Waals surface area contributed by atoms with Gasteiger partial charge >= 0.3 is 0 Å². The van der Waals surface area contributed by atoms with E-state index < -0.39 is 0 Å². The van der Waals surface area contributed by atoms with E-state index in [9.17, 15) is 0 Å². The number of benzene rings is 2. The van der Waals surface area contributed by atoms with Crippen molar-refractivity contribution in [1.82, 2.24) is 4.57 Å². The molecule has 5 rings (SSSR count). The van der Waals surface area contributed by atoms with Crippen LogP contribution in [0.25, 0.3) is 21.8 Å². The zero-order valence-corrected chi connectivity index (χ0v) is 15.2. The van der Waals surface area contributed by atoms with E-state index in [1.54, 1.807) is 0 Å². The van der Waals surface area contributed by atoms with Gasteiger partial charge in [-0.2, -0.15) is 5.26 Å². The van der Waals surface area contributed by atoms with Crippen LogP contribution in [0, 0.1) is 11.3 Å². The van der Waals surface area contributed by atoms with Gasteiger partial charge in [0.1, 0.15) is 0 Å². The standard InChI is InChI=1S/C23H25N3/c24-12-5-13-25-14-15-26-21-11-10-18(17-6-2-1-3-7-17)16-20(21)19-8-4-9-22(25)23(19)26/h4,8-11,16-17H,1-3,5-7,13-15H2. The van der Waals surface area contributed by atoms with Crippen molar-refractivity contribution in [3.05, 3.63) is 42.0 Å². The van der Waals surface area contributed by atoms with Crippen molar-refractivity contribution in [3.63, 3.8) is 0 Å². The van der Waals surface area contributed by atoms with Gasteiger partial charge in [-0.1, -0.05) is 37.5 Å². The Kier molecular flexibility index (Phi) is 3.85. The SMILES string of the molecule is N#CCCN1CCn2c3ccc(C4CCCCC4)cc3c3cccc1c32. The predicted molar refractivity (Wildman–Crippen MR) is 108 cm³/mol. The van der Waals surface area contributed by atoms with Crippen molar-refractivity contribution in [3.8, 4) is 6.07 Å². The molecule has 2 heterocycles. The molecule has 2 aromatic carbocycles. The minimum Gasteiger partial charge on any atom is -0.367 e. The maximum absolute atomic E-state index is 8.97. The van der Waals surface area contributed by atoms with Gasteiger partial charge in [0.25, 0.3) is 0 Å². The van der Waals surface area contributed by atoms with Gasteiger partial charge in [-0.15, -0.1) is 0 Å². The second-order valence-corrected chi connectivity index (χ2v) is 7.83. The first-order valence-corrected chi connectivity index (χ1v) is 10.0. The third-order valence-electron chi connectivity index (χ3n) is 6.39. The Balaban J connectivity index is 1.66. The van der Waals surface area contributed by atoms with Gasteiger partial charge in [-0.05, 0) is 42.5 Å². The van der Waals surface area contributed by atoms with Crippen LogP contribution in [0.5, 0.6) is 0 Å². The Bertz CT molecular complexity index is 1000. The number of para-hydroxylation sites is 1. The fraction of sp³-hybridized carbons (Fsp3) is 0.435. The van der Waals surface area contributed by atoms with E-state index in [-0.39, 0.29) is 0 Å². The second-order valence-electron chi connectivity index (χ2n) is 7.83. The summed E-state index contributed by atoms with van der Waals surface area (Å²) in [5.41, 5.74) is 5.54. The maximum atomic E-state index is 8.97. The third-order valence-corrected chi connectivity index (χ3v) is 6.39. The molecule has 132 valence electrons. The van der Waals surface area contributed by atoms with Gasteiger partial charge in [0, 0.05) is 35.9 Å². The summed E-state index contributed by atoms with van der Waals surface area (Å²) in [6.07, 6.45) is 7.43. The fourth-order valence-corrected chi connectivity index (χ4v) is 5.09. The van der Waals surface area contributed by atoms with Crippen molar-refractivity contribution in [2.45, 2.75) is 51.0 Å². The van der Waals surface area contributed by atoms with Crippen LogP contribution in [0.2, 0.25) is 0 Å². The van der Waals surface area contributed by atoms with E-state index in [1.807, 2.05) is 0 Å². The first kappa shape index (κ1) is 15.8. The van der Waals surface area contributed by atoms with Crippen LogP contribution in [0.3, 0.4) is 0 Å². The summed E-state index contributed by atoms with van der Waals surface area (Å²) < 4.78 is 2.49. The fourth-order valence-electron chi connectivity index (χ4n) is 5.09. The topological polar surface area (TPSA) is 32.0 Å². The number of fused-ring (bicyclic) bond motifs is 3. The summed E-state index contributed by atoms with van der Waals surface area (Å²) in [6.45, 7) is 2.82. The summed E-state index contributed by atoms with van der Waals surface area (Å²) >= 11 is 0. The molecule has 3 heteroatoms. The van der Waals surface area contributed by atoms with E-state index in [1.165, 1.54) is 65.2 Å². The van der Waals surface area contributed by atoms with Crippen LogP contribution < -0.4 is 4.90 Å². The summed E-state index contributed by atoms with van der Waals surface area (Å²) in [6, 6.07) is 16.2. The Labute approximate surface area is 154 Å². The number of anilines is 1. The number of rotatable bonds is 3. The highest BCUT2D eigenvalue weighted by Crippen LogP contribution is 2.40. The van der Waals surface area contributed by atoms with Crippen LogP contribution in [-0.2, 0) is 6.54 Å². The lowest BCUT2D eigenvalue weighted by molar-refractivity contribution is 0.444. The Morgan fingerprint density at radius 2 is 1.88 bits per heavy atom. The molecule has 3 aromatic rings. The third kappa shape index (κ3) is 2.40. The maximum Gasteiger partial charge on any atom is 0.0729 e. The number of aromatic nitrogens is 1. The molecule has 0 amide bonds. The molecule has 0 spiro atoms. The average molecular weight is 343 g/mol. The summed E-state index contributed by atoms with van der Waals surface area (Å²) in [5.74, 6) is 0.743. The predicted octanol–water partition coefficient (Wildman–Crippen LogP) is 5.58. The summed E-state index contributed by atoms with van der Waals surface area (Å²) in [5, 5.41) is 11.8. The quantitative estimate of drug-likeness (QED) is 0.622. The largest absolute Gasteiger partial charge is 0.367 e. The summed E-state index contributed by atoms with van der Waals surface area (Å²) in [7, 11) is 0. The second kappa shape index (κ2) is 6.36. The van der Waals surface area contributed by atoms with Gasteiger partial charge in [-0.25, -0.2) is 0 Å². The molecular weight excluding hydrogens is 318 g/mol. The smallest absolute Gasteiger partial charge is 0.0729 e. The molecular formula is C23H25N3. The number of hydrogen-bond donors (Lipinski definition) is 0. The molecule has 1 saturated carbocycles. The zero-order chi connectivity index (χ0) is 17.5. The number of nitriles is 1. The molecule has 26 heavy (non-hydrogen) atoms. The van der Waals surface area contributed by atoms with Crippen LogP contribution in [0.15, 0.2) is 36.4 Å². The molecule has 1 fully saturated rings. The van der Waals surface area contributed by atoms with Gasteiger partial charge in [0.15, 0.2) is 0 Å². The van der Waals surface area contributed by atoms with Crippen LogP contribution >= 0.6 is 0 Å². The molecule has 1 aliphatic carbocycles. The molecule has 0 saturated heterocycles. The lowest BCUT2D eigenvalue weighted by atomic mass is 9.84. The lowest BCUT2D eigenvalue weighted by Gasteiger charge is -2.30. The van der Waals surface area contributed by atoms with Gasteiger partial charge < -0.3 is 9.47 Å². The summed E-state index contributed by atoms with van der Waals surface area (Å²) in [4.78, 5) is 2.38. The van der Waals surface area contributed by atoms with Crippen molar-refractivity contribution < 1.29 is 0 Å². The van der Waals surface area contributed by atoms with E-state index in [0.717, 1.165) is 25.6 Å². The average Bonchev–Trinajstić information content (AvgIpc) is 3.03. The highest BCUT2D eigenvalue weighted by atomic mass is 15.2. The van der Waals surface area contributed by atoms with Crippen LogP contribution in [-0.4, -0.2) is 17.7 Å². The molecule has 0 radical (unpaired) electrons. The molecule has 0 unspecified atom stereocenters. The highest BCUT2D eigenvalue weighted by molar-refractivity contribution is 6.12. The van der Waals surface area contributed by atoms with Crippen molar-refractivity contribution in [1.29, 1.82) is 5.26 Å². The number of hydrogen-bond acceptors (Lipinski definition) is 2. The van der Waals surface area contributed by atoms with Gasteiger partial charge in [-0.3, -0.25) is 0 Å². The van der Waals surface area contributed by atoms with E-state index >= 15 is 0 Å². The molecule has 2 aliphatic rings. The first-order chi connectivity index (χ1) is 12.9. The number of nitrogens with zero attached hydrogens (tertiary/aromatic N) is 3. The highest BCUT2D eigenvalue weighted by Gasteiger charge is 2.23. The molecule has 1 aliphatic heterocycles. The van der Waals surface area contributed by atoms with Crippen molar-refractivity contribution in [2.75, 3.05) is 18.0 Å². The molecule has 1 aromatic heterocycles. The Hall–Kier alpha value is -2.47. The van der Waals surface area contributed by atoms with E-state index in [2.05, 4.69) is 51.9 Å². The van der Waals surface area contributed by atoms with Crippen molar-refractivity contribution >= 4 is 27.5 Å². The Morgan fingerprint density at radius 3 is 2.73 bits per heavy atom. The minimum atomic E-state index is 0.586. The lowest BCUT2D eigenvalue weighted by Crippen LogP contribution is -2.32. The van der Waals surface area contributed by atoms with Crippen molar-refractivity contribution in [2.24, 2.45) is 0 Å². The van der Waals surface area contributed by atoms with Gasteiger partial charge in [0.2, 0.25) is 0 Å². The van der Waals surface area contributed by atoms with E-state index in [0.29, 0.717) is 6.42 Å². The minimum absolute atomic E-state index is 0.586. The molecule has 0 atom stereocenters.